The molecule has 0 aromatic carbocycles. The number of hydrogen-bond donors (Lipinski definition) is 5. The van der Waals surface area contributed by atoms with Crippen molar-refractivity contribution in [1.29, 1.82) is 0 Å². The second kappa shape index (κ2) is 21.7. The zero-order valence-corrected chi connectivity index (χ0v) is 23.1. The van der Waals surface area contributed by atoms with Crippen LogP contribution in [0.3, 0.4) is 0 Å². The SMILES string of the molecule is CCCCCCCC/C=C\CCCCCCC[C@@H](O)C[C@H](O)C[C@H](O)C[C@H](O)C[C@H]1OC(=O)C=C[C@@H]1O. The minimum atomic E-state index is -0.984. The van der Waals surface area contributed by atoms with Gasteiger partial charge >= 0.3 is 5.97 Å². The summed E-state index contributed by atoms with van der Waals surface area (Å²) in [4.78, 5) is 11.3. The molecule has 1 aliphatic heterocycles. The van der Waals surface area contributed by atoms with Gasteiger partial charge in [0.05, 0.1) is 24.4 Å². The Morgan fingerprint density at radius 1 is 0.757 bits per heavy atom. The molecular formula is C30H54O7. The normalized spacial score (nSPS) is 21.2. The van der Waals surface area contributed by atoms with Gasteiger partial charge in [0.1, 0.15) is 12.2 Å². The Bertz CT molecular complexity index is 621. The predicted molar refractivity (Wildman–Crippen MR) is 147 cm³/mol. The van der Waals surface area contributed by atoms with Crippen LogP contribution in [0.2, 0.25) is 0 Å². The molecule has 5 N–H and O–H groups in total. The van der Waals surface area contributed by atoms with Crippen molar-refractivity contribution in [1.82, 2.24) is 0 Å². The molecule has 0 aliphatic carbocycles. The van der Waals surface area contributed by atoms with E-state index in [1.165, 1.54) is 63.9 Å². The third kappa shape index (κ3) is 18.6. The lowest BCUT2D eigenvalue weighted by molar-refractivity contribution is -0.151. The number of carbonyl (C=O) groups excluding carboxylic acids is 1. The van der Waals surface area contributed by atoms with Crippen molar-refractivity contribution in [3.63, 3.8) is 0 Å². The lowest BCUT2D eigenvalue weighted by atomic mass is 9.96. The third-order valence-electron chi connectivity index (χ3n) is 7.01. The van der Waals surface area contributed by atoms with Crippen molar-refractivity contribution in [3.8, 4) is 0 Å². The maximum absolute atomic E-state index is 11.3. The van der Waals surface area contributed by atoms with Gasteiger partial charge in [-0.05, 0) is 57.4 Å². The second-order valence-electron chi connectivity index (χ2n) is 10.8. The molecule has 7 nitrogen and oxygen atoms in total. The van der Waals surface area contributed by atoms with Gasteiger partial charge in [-0.2, -0.15) is 0 Å². The van der Waals surface area contributed by atoms with E-state index in [2.05, 4.69) is 19.1 Å². The molecule has 1 aliphatic rings. The van der Waals surface area contributed by atoms with Crippen LogP contribution in [0, 0.1) is 0 Å². The average molecular weight is 527 g/mol. The summed E-state index contributed by atoms with van der Waals surface area (Å²) in [6.45, 7) is 2.25. The highest BCUT2D eigenvalue weighted by Crippen LogP contribution is 2.19. The first-order chi connectivity index (χ1) is 17.8. The third-order valence-corrected chi connectivity index (χ3v) is 7.01. The van der Waals surface area contributed by atoms with E-state index in [1.807, 2.05) is 0 Å². The van der Waals surface area contributed by atoms with Crippen molar-refractivity contribution >= 4 is 5.97 Å². The van der Waals surface area contributed by atoms with Crippen molar-refractivity contribution in [2.45, 2.75) is 159 Å². The summed E-state index contributed by atoms with van der Waals surface area (Å²) in [6.07, 6.45) is 18.7. The molecule has 0 saturated heterocycles. The van der Waals surface area contributed by atoms with Crippen LogP contribution in [0.1, 0.15) is 122 Å². The van der Waals surface area contributed by atoms with Crippen LogP contribution < -0.4 is 0 Å². The lowest BCUT2D eigenvalue weighted by Crippen LogP contribution is -2.37. The molecule has 0 bridgehead atoms. The molecule has 0 saturated carbocycles. The Morgan fingerprint density at radius 3 is 1.89 bits per heavy atom. The van der Waals surface area contributed by atoms with E-state index < -0.39 is 42.6 Å². The van der Waals surface area contributed by atoms with Gasteiger partial charge in [0.25, 0.3) is 0 Å². The minimum absolute atomic E-state index is 0.00249. The standard InChI is InChI=1S/C30H54O7/c1-2-3-4-5-6-7-8-9-10-11-12-13-14-15-16-17-24(31)20-25(32)21-26(33)22-27(34)23-29-28(35)18-19-30(36)37-29/h9-10,18-19,24-29,31-35H,2-8,11-17,20-23H2,1H3/b10-9-/t24-,25+,26+,27+,28+,29-/m1/s1. The van der Waals surface area contributed by atoms with Crippen LogP contribution in [-0.4, -0.2) is 68.1 Å². The largest absolute Gasteiger partial charge is 0.456 e. The van der Waals surface area contributed by atoms with Gasteiger partial charge in [-0.1, -0.05) is 76.9 Å². The fourth-order valence-electron chi connectivity index (χ4n) is 4.81. The van der Waals surface area contributed by atoms with Gasteiger partial charge < -0.3 is 30.3 Å². The van der Waals surface area contributed by atoms with Gasteiger partial charge in [0, 0.05) is 12.5 Å². The fourth-order valence-corrected chi connectivity index (χ4v) is 4.81. The summed E-state index contributed by atoms with van der Waals surface area (Å²) in [7, 11) is 0. The fraction of sp³-hybridized carbons (Fsp3) is 0.833. The first-order valence-corrected chi connectivity index (χ1v) is 14.8. The van der Waals surface area contributed by atoms with Crippen LogP contribution in [0.25, 0.3) is 0 Å². The monoisotopic (exact) mass is 526 g/mol. The van der Waals surface area contributed by atoms with E-state index in [9.17, 15) is 30.3 Å². The van der Waals surface area contributed by atoms with Crippen molar-refractivity contribution in [2.75, 3.05) is 0 Å². The van der Waals surface area contributed by atoms with Gasteiger partial charge in [0.15, 0.2) is 0 Å². The van der Waals surface area contributed by atoms with E-state index >= 15 is 0 Å². The van der Waals surface area contributed by atoms with Gasteiger partial charge in [-0.25, -0.2) is 4.79 Å². The molecule has 0 amide bonds. The van der Waals surface area contributed by atoms with Crippen LogP contribution in [0.5, 0.6) is 0 Å². The molecule has 0 unspecified atom stereocenters. The number of carbonyl (C=O) groups is 1. The van der Waals surface area contributed by atoms with Crippen molar-refractivity contribution in [2.24, 2.45) is 0 Å². The topological polar surface area (TPSA) is 127 Å². The Balaban J connectivity index is 1.99. The van der Waals surface area contributed by atoms with Crippen molar-refractivity contribution < 1.29 is 35.1 Å². The van der Waals surface area contributed by atoms with Gasteiger partial charge in [-0.3, -0.25) is 0 Å². The highest BCUT2D eigenvalue weighted by atomic mass is 16.6. The number of esters is 1. The Hall–Kier alpha value is -1.25. The molecule has 0 fully saturated rings. The van der Waals surface area contributed by atoms with E-state index in [1.54, 1.807) is 0 Å². The van der Waals surface area contributed by atoms with Gasteiger partial charge in [0.2, 0.25) is 0 Å². The number of rotatable bonds is 23. The number of aliphatic hydroxyl groups excluding tert-OH is 5. The molecular weight excluding hydrogens is 472 g/mol. The van der Waals surface area contributed by atoms with Gasteiger partial charge in [-0.15, -0.1) is 0 Å². The Morgan fingerprint density at radius 2 is 1.27 bits per heavy atom. The highest BCUT2D eigenvalue weighted by molar-refractivity contribution is 5.83. The van der Waals surface area contributed by atoms with E-state index in [4.69, 9.17) is 4.74 Å². The highest BCUT2D eigenvalue weighted by Gasteiger charge is 2.28. The summed E-state index contributed by atoms with van der Waals surface area (Å²) in [5.41, 5.74) is 0. The predicted octanol–water partition coefficient (Wildman–Crippen LogP) is 4.87. The van der Waals surface area contributed by atoms with E-state index in [0.29, 0.717) is 6.42 Å². The maximum atomic E-state index is 11.3. The number of ether oxygens (including phenoxy) is 1. The number of aliphatic hydroxyl groups is 5. The molecule has 0 spiro atoms. The molecule has 1 heterocycles. The zero-order valence-electron chi connectivity index (χ0n) is 23.1. The molecule has 1 rings (SSSR count). The summed E-state index contributed by atoms with van der Waals surface area (Å²) < 4.78 is 4.99. The molecule has 216 valence electrons. The second-order valence-corrected chi connectivity index (χ2v) is 10.8. The smallest absolute Gasteiger partial charge is 0.330 e. The number of allylic oxidation sites excluding steroid dienone is 2. The number of hydrogen-bond acceptors (Lipinski definition) is 7. The van der Waals surface area contributed by atoms with Crippen LogP contribution >= 0.6 is 0 Å². The summed E-state index contributed by atoms with van der Waals surface area (Å²) in [6, 6.07) is 0. The molecule has 37 heavy (non-hydrogen) atoms. The Labute approximate surface area is 224 Å². The molecule has 0 radical (unpaired) electrons. The summed E-state index contributed by atoms with van der Waals surface area (Å²) >= 11 is 0. The molecule has 6 atom stereocenters. The number of unbranched alkanes of at least 4 members (excludes halogenated alkanes) is 11. The molecule has 0 aromatic rings. The molecule has 7 heteroatoms. The first kappa shape index (κ1) is 33.8. The quantitative estimate of drug-likeness (QED) is 0.0730. The zero-order chi connectivity index (χ0) is 27.3. The maximum Gasteiger partial charge on any atom is 0.330 e. The minimum Gasteiger partial charge on any atom is -0.456 e. The average Bonchev–Trinajstić information content (AvgIpc) is 2.83. The van der Waals surface area contributed by atoms with Crippen LogP contribution in [0.4, 0.5) is 0 Å². The summed E-state index contributed by atoms with van der Waals surface area (Å²) in [5, 5.41) is 50.5. The Kier molecular flexibility index (Phi) is 19.8. The van der Waals surface area contributed by atoms with E-state index in [0.717, 1.165) is 31.8 Å². The molecule has 0 aromatic heterocycles. The number of cyclic esters (lactones) is 1. The van der Waals surface area contributed by atoms with E-state index in [-0.39, 0.29) is 25.7 Å². The van der Waals surface area contributed by atoms with Crippen LogP contribution in [-0.2, 0) is 9.53 Å². The van der Waals surface area contributed by atoms with Crippen molar-refractivity contribution in [3.05, 3.63) is 24.3 Å². The lowest BCUT2D eigenvalue weighted by Gasteiger charge is -2.27. The first-order valence-electron chi connectivity index (χ1n) is 14.8. The summed E-state index contributed by atoms with van der Waals surface area (Å²) in [5.74, 6) is -0.571. The van der Waals surface area contributed by atoms with Crippen LogP contribution in [0.15, 0.2) is 24.3 Å².